The molecule has 8 heteroatoms. The fraction of sp³-hybridized carbons (Fsp3) is 0.632. The van der Waals surface area contributed by atoms with Gasteiger partial charge in [-0.05, 0) is 30.6 Å². The Labute approximate surface area is 163 Å². The van der Waals surface area contributed by atoms with Crippen molar-refractivity contribution in [2.24, 2.45) is 5.73 Å². The average Bonchev–Trinajstić information content (AvgIpc) is 2.57. The Kier molecular flexibility index (Phi) is 7.56. The molecule has 0 bridgehead atoms. The summed E-state index contributed by atoms with van der Waals surface area (Å²) in [6.45, 7) is 13.6. The van der Waals surface area contributed by atoms with E-state index in [1.807, 2.05) is 0 Å². The van der Waals surface area contributed by atoms with Gasteiger partial charge in [-0.1, -0.05) is 27.7 Å². The number of carbonyl (C=O) groups excluding carboxylic acids is 1. The van der Waals surface area contributed by atoms with E-state index in [2.05, 4.69) is 46.1 Å². The molecule has 0 aliphatic carbocycles. The predicted octanol–water partition coefficient (Wildman–Crippen LogP) is 3.60. The molecule has 0 spiro atoms. The van der Waals surface area contributed by atoms with Crippen LogP contribution in [0.25, 0.3) is 0 Å². The molecule has 27 heavy (non-hydrogen) atoms. The molecule has 1 aromatic rings. The lowest BCUT2D eigenvalue weighted by Crippen LogP contribution is -2.43. The summed E-state index contributed by atoms with van der Waals surface area (Å²) < 4.78 is 17.2. The number of anilines is 2. The third-order valence-electron chi connectivity index (χ3n) is 5.27. The summed E-state index contributed by atoms with van der Waals surface area (Å²) in [6.07, 6.45) is 0.806. The summed E-state index contributed by atoms with van der Waals surface area (Å²) in [7, 11) is 1.14. The van der Waals surface area contributed by atoms with Gasteiger partial charge in [-0.2, -0.15) is 0 Å². The SMILES string of the molecule is CCC(CO[Si](C)(C)C(C)(C)C)Nc1c(N)c(C(N)=O)cc(OC)c1OC. The molecule has 0 heterocycles. The lowest BCUT2D eigenvalue weighted by Gasteiger charge is -2.37. The minimum Gasteiger partial charge on any atom is -0.493 e. The van der Waals surface area contributed by atoms with Crippen LogP contribution in [0, 0.1) is 0 Å². The van der Waals surface area contributed by atoms with Crippen molar-refractivity contribution in [3.8, 4) is 11.5 Å². The Hall–Kier alpha value is -1.93. The van der Waals surface area contributed by atoms with Gasteiger partial charge in [0.05, 0.1) is 32.1 Å². The number of hydrogen-bond acceptors (Lipinski definition) is 6. The van der Waals surface area contributed by atoms with Crippen LogP contribution in [0.4, 0.5) is 11.4 Å². The molecule has 1 unspecified atom stereocenters. The number of hydrogen-bond donors (Lipinski definition) is 3. The number of benzene rings is 1. The first kappa shape index (κ1) is 23.1. The predicted molar refractivity (Wildman–Crippen MR) is 113 cm³/mol. The minimum atomic E-state index is -1.88. The van der Waals surface area contributed by atoms with Crippen LogP contribution in [-0.4, -0.2) is 41.1 Å². The molecule has 0 fully saturated rings. The zero-order valence-electron chi connectivity index (χ0n) is 17.9. The quantitative estimate of drug-likeness (QED) is 0.434. The molecule has 0 saturated heterocycles. The molecule has 1 amide bonds. The van der Waals surface area contributed by atoms with Gasteiger partial charge in [-0.25, -0.2) is 0 Å². The molecular weight excluding hydrogens is 362 g/mol. The van der Waals surface area contributed by atoms with Crippen LogP contribution in [0.5, 0.6) is 11.5 Å². The lowest BCUT2D eigenvalue weighted by molar-refractivity contribution is 0.100. The molecule has 7 nitrogen and oxygen atoms in total. The first-order valence-electron chi connectivity index (χ1n) is 9.14. The van der Waals surface area contributed by atoms with E-state index in [-0.39, 0.29) is 22.3 Å². The van der Waals surface area contributed by atoms with Crippen molar-refractivity contribution in [2.45, 2.75) is 58.3 Å². The van der Waals surface area contributed by atoms with E-state index in [4.69, 9.17) is 25.4 Å². The van der Waals surface area contributed by atoms with Crippen LogP contribution in [-0.2, 0) is 4.43 Å². The maximum absolute atomic E-state index is 11.8. The van der Waals surface area contributed by atoms with Gasteiger partial charge in [-0.3, -0.25) is 4.79 Å². The smallest absolute Gasteiger partial charge is 0.251 e. The molecule has 1 aromatic carbocycles. The second-order valence-electron chi connectivity index (χ2n) is 8.13. The number of ether oxygens (including phenoxy) is 2. The van der Waals surface area contributed by atoms with E-state index >= 15 is 0 Å². The molecule has 0 radical (unpaired) electrons. The topological polar surface area (TPSA) is 109 Å². The normalized spacial score (nSPS) is 13.2. The number of nitrogens with two attached hydrogens (primary N) is 2. The van der Waals surface area contributed by atoms with Crippen molar-refractivity contribution in [2.75, 3.05) is 31.9 Å². The third kappa shape index (κ3) is 5.29. The molecule has 1 rings (SSSR count). The van der Waals surface area contributed by atoms with Gasteiger partial charge >= 0.3 is 0 Å². The van der Waals surface area contributed by atoms with Gasteiger partial charge in [0.1, 0.15) is 5.69 Å². The fourth-order valence-corrected chi connectivity index (χ4v) is 3.40. The van der Waals surface area contributed by atoms with Crippen LogP contribution < -0.4 is 26.3 Å². The van der Waals surface area contributed by atoms with Gasteiger partial charge in [0.2, 0.25) is 0 Å². The van der Waals surface area contributed by atoms with Crippen LogP contribution in [0.1, 0.15) is 44.5 Å². The van der Waals surface area contributed by atoms with E-state index in [0.29, 0.717) is 23.8 Å². The first-order chi connectivity index (χ1) is 12.4. The molecule has 5 N–H and O–H groups in total. The van der Waals surface area contributed by atoms with Gasteiger partial charge in [0.25, 0.3) is 5.91 Å². The van der Waals surface area contributed by atoms with Crippen LogP contribution in [0.3, 0.4) is 0 Å². The summed E-state index contributed by atoms with van der Waals surface area (Å²) in [5, 5.41) is 3.49. The van der Waals surface area contributed by atoms with E-state index < -0.39 is 14.2 Å². The van der Waals surface area contributed by atoms with E-state index in [0.717, 1.165) is 6.42 Å². The number of rotatable bonds is 9. The summed E-state index contributed by atoms with van der Waals surface area (Å²) >= 11 is 0. The molecule has 154 valence electrons. The number of amides is 1. The summed E-state index contributed by atoms with van der Waals surface area (Å²) in [5.41, 5.74) is 12.6. The highest BCUT2D eigenvalue weighted by Crippen LogP contribution is 2.42. The third-order valence-corrected chi connectivity index (χ3v) is 9.77. The van der Waals surface area contributed by atoms with Crippen molar-refractivity contribution in [1.82, 2.24) is 0 Å². The molecule has 0 aliphatic rings. The molecular formula is C19H35N3O4Si. The van der Waals surface area contributed by atoms with Crippen molar-refractivity contribution in [3.63, 3.8) is 0 Å². The zero-order chi connectivity index (χ0) is 21.0. The number of methoxy groups -OCH3 is 2. The Bertz CT molecular complexity index is 672. The van der Waals surface area contributed by atoms with Gasteiger partial charge in [-0.15, -0.1) is 0 Å². The van der Waals surface area contributed by atoms with Crippen LogP contribution in [0.15, 0.2) is 6.07 Å². The molecule has 0 aromatic heterocycles. The highest BCUT2D eigenvalue weighted by Gasteiger charge is 2.37. The van der Waals surface area contributed by atoms with E-state index in [1.54, 1.807) is 0 Å². The van der Waals surface area contributed by atoms with Crippen molar-refractivity contribution < 1.29 is 18.7 Å². The second kappa shape index (κ2) is 8.84. The maximum atomic E-state index is 11.8. The largest absolute Gasteiger partial charge is 0.493 e. The summed E-state index contributed by atoms with van der Waals surface area (Å²) in [5.74, 6) is 0.205. The Morgan fingerprint density at radius 1 is 1.26 bits per heavy atom. The summed E-state index contributed by atoms with van der Waals surface area (Å²) in [6, 6.07) is 1.48. The van der Waals surface area contributed by atoms with Crippen LogP contribution >= 0.6 is 0 Å². The number of carbonyl (C=O) groups is 1. The molecule has 0 saturated carbocycles. The van der Waals surface area contributed by atoms with Crippen molar-refractivity contribution >= 4 is 25.6 Å². The number of nitrogen functional groups attached to an aromatic ring is 1. The monoisotopic (exact) mass is 397 g/mol. The average molecular weight is 398 g/mol. The Morgan fingerprint density at radius 2 is 1.85 bits per heavy atom. The maximum Gasteiger partial charge on any atom is 0.251 e. The Balaban J connectivity index is 3.20. The van der Waals surface area contributed by atoms with Crippen molar-refractivity contribution in [3.05, 3.63) is 11.6 Å². The summed E-state index contributed by atoms with van der Waals surface area (Å²) in [4.78, 5) is 11.8. The van der Waals surface area contributed by atoms with Gasteiger partial charge in [0, 0.05) is 6.04 Å². The second-order valence-corrected chi connectivity index (χ2v) is 12.9. The first-order valence-corrected chi connectivity index (χ1v) is 12.0. The van der Waals surface area contributed by atoms with E-state index in [1.165, 1.54) is 20.3 Å². The molecule has 1 atom stereocenters. The van der Waals surface area contributed by atoms with Gasteiger partial charge < -0.3 is 30.7 Å². The minimum absolute atomic E-state index is 0.0110. The van der Waals surface area contributed by atoms with Gasteiger partial charge in [0.15, 0.2) is 19.8 Å². The zero-order valence-corrected chi connectivity index (χ0v) is 18.9. The molecule has 0 aliphatic heterocycles. The van der Waals surface area contributed by atoms with Crippen molar-refractivity contribution in [1.29, 1.82) is 0 Å². The highest BCUT2D eigenvalue weighted by atomic mass is 28.4. The van der Waals surface area contributed by atoms with E-state index in [9.17, 15) is 4.79 Å². The highest BCUT2D eigenvalue weighted by molar-refractivity contribution is 6.74. The number of primary amides is 1. The fourth-order valence-electron chi connectivity index (χ4n) is 2.35. The van der Waals surface area contributed by atoms with Crippen LogP contribution in [0.2, 0.25) is 18.1 Å². The lowest BCUT2D eigenvalue weighted by atomic mass is 10.1. The Morgan fingerprint density at radius 3 is 2.26 bits per heavy atom. The number of nitrogens with one attached hydrogen (secondary N) is 1. The standard InChI is InChI=1S/C19H35N3O4Si/c1-9-12(11-26-27(7,8)19(2,3)4)22-16-15(20)13(18(21)23)10-14(24-5)17(16)25-6/h10,12,22H,9,11,20H2,1-8H3,(H2,21,23).